The molecule has 2 aromatic heterocycles. The van der Waals surface area contributed by atoms with Crippen molar-refractivity contribution in [3.8, 4) is 11.1 Å². The van der Waals surface area contributed by atoms with Gasteiger partial charge in [0.05, 0.1) is 11.5 Å². The predicted molar refractivity (Wildman–Crippen MR) is 149 cm³/mol. The Morgan fingerprint density at radius 2 is 1.75 bits per heavy atom. The molecule has 4 aromatic rings. The summed E-state index contributed by atoms with van der Waals surface area (Å²) >= 11 is 2.39. The first kappa shape index (κ1) is 23.8. The number of hydrogen-bond acceptors (Lipinski definition) is 6. The van der Waals surface area contributed by atoms with Gasteiger partial charge >= 0.3 is 0 Å². The van der Waals surface area contributed by atoms with Gasteiger partial charge in [-0.25, -0.2) is 9.97 Å². The molecule has 1 aliphatic carbocycles. The smallest absolute Gasteiger partial charge is 0.168 e. The van der Waals surface area contributed by atoms with Crippen LogP contribution in [0.5, 0.6) is 0 Å². The Labute approximate surface area is 223 Å². The third kappa shape index (κ3) is 3.08. The number of nitrogens with zero attached hydrogens (tertiary/aromatic N) is 3. The van der Waals surface area contributed by atoms with Crippen molar-refractivity contribution < 1.29 is 14.9 Å². The molecule has 0 spiro atoms. The maximum atomic E-state index is 11.7. The molecule has 1 saturated carbocycles. The lowest BCUT2D eigenvalue weighted by molar-refractivity contribution is -0.105. The lowest BCUT2D eigenvalue weighted by Crippen LogP contribution is -2.30. The van der Waals surface area contributed by atoms with E-state index in [1.54, 1.807) is 0 Å². The minimum atomic E-state index is -1.44. The fraction of sp³-hybridized carbons (Fsp3) is 0.357. The van der Waals surface area contributed by atoms with Crippen LogP contribution in [0.2, 0.25) is 0 Å². The van der Waals surface area contributed by atoms with E-state index < -0.39 is 28.9 Å². The Balaban J connectivity index is 1.50. The molecular formula is C28H29IN4O3. The highest BCUT2D eigenvalue weighted by Crippen LogP contribution is 2.75. The maximum Gasteiger partial charge on any atom is 0.168 e. The Hall–Kier alpha value is -2.53. The van der Waals surface area contributed by atoms with Gasteiger partial charge in [0, 0.05) is 27.3 Å². The number of alkyl halides is 1. The van der Waals surface area contributed by atoms with E-state index in [2.05, 4.69) is 62.1 Å². The van der Waals surface area contributed by atoms with Gasteiger partial charge in [-0.05, 0) is 36.6 Å². The van der Waals surface area contributed by atoms with E-state index in [0.717, 1.165) is 33.0 Å². The summed E-state index contributed by atoms with van der Waals surface area (Å²) in [5, 5.41) is 27.3. The van der Waals surface area contributed by atoms with E-state index in [4.69, 9.17) is 4.74 Å². The average molecular weight is 596 g/mol. The van der Waals surface area contributed by atoms with Crippen LogP contribution in [0, 0.1) is 5.41 Å². The Kier molecular flexibility index (Phi) is 5.46. The summed E-state index contributed by atoms with van der Waals surface area (Å²) in [5.74, 6) is 0.669. The van der Waals surface area contributed by atoms with Crippen LogP contribution in [0.3, 0.4) is 0 Å². The molecule has 1 aliphatic heterocycles. The third-order valence-corrected chi connectivity index (χ3v) is 8.79. The van der Waals surface area contributed by atoms with Gasteiger partial charge in [0.15, 0.2) is 6.23 Å². The monoisotopic (exact) mass is 596 g/mol. The number of ether oxygens (including phenoxy) is 1. The van der Waals surface area contributed by atoms with E-state index in [1.165, 1.54) is 11.9 Å². The van der Waals surface area contributed by atoms with Crippen LogP contribution >= 0.6 is 22.6 Å². The number of nitrogens with one attached hydrogen (secondary N) is 1. The first-order valence-electron chi connectivity index (χ1n) is 12.2. The summed E-state index contributed by atoms with van der Waals surface area (Å²) in [6, 6.07) is 18.4. The summed E-state index contributed by atoms with van der Waals surface area (Å²) in [4.78, 5) is 9.23. The molecule has 7 nitrogen and oxygen atoms in total. The number of hydrogen-bond donors (Lipinski definition) is 3. The molecule has 6 rings (SSSR count). The van der Waals surface area contributed by atoms with Crippen molar-refractivity contribution in [2.45, 2.75) is 50.7 Å². The van der Waals surface area contributed by atoms with Crippen LogP contribution in [0.1, 0.15) is 32.6 Å². The number of aromatic nitrogens is 3. The minimum Gasteiger partial charge on any atom is -0.383 e. The van der Waals surface area contributed by atoms with Gasteiger partial charge in [0.1, 0.15) is 29.0 Å². The highest BCUT2D eigenvalue weighted by Gasteiger charge is 2.91. The Morgan fingerprint density at radius 3 is 2.39 bits per heavy atom. The Bertz CT molecular complexity index is 1440. The number of aryl methyl sites for hydroxylation is 1. The molecule has 2 fully saturated rings. The fourth-order valence-corrected chi connectivity index (χ4v) is 6.69. The molecule has 3 heterocycles. The molecule has 0 radical (unpaired) electrons. The van der Waals surface area contributed by atoms with Crippen molar-refractivity contribution in [1.29, 1.82) is 0 Å². The van der Waals surface area contributed by atoms with E-state index in [9.17, 15) is 10.2 Å². The van der Waals surface area contributed by atoms with Gasteiger partial charge in [0.25, 0.3) is 0 Å². The van der Waals surface area contributed by atoms with E-state index in [-0.39, 0.29) is 0 Å². The molecule has 0 bridgehead atoms. The van der Waals surface area contributed by atoms with E-state index in [0.29, 0.717) is 11.5 Å². The van der Waals surface area contributed by atoms with E-state index in [1.807, 2.05) is 61.9 Å². The largest absolute Gasteiger partial charge is 0.383 e. The van der Waals surface area contributed by atoms with Crippen molar-refractivity contribution in [2.24, 2.45) is 5.41 Å². The van der Waals surface area contributed by atoms with Crippen LogP contribution in [0.4, 0.5) is 11.5 Å². The van der Waals surface area contributed by atoms with Gasteiger partial charge in [-0.3, -0.25) is 0 Å². The minimum absolute atomic E-state index is 0.527. The van der Waals surface area contributed by atoms with E-state index >= 15 is 0 Å². The molecule has 186 valence electrons. The van der Waals surface area contributed by atoms with Crippen LogP contribution in [0.25, 0.3) is 22.2 Å². The van der Waals surface area contributed by atoms with Crippen LogP contribution in [0.15, 0.2) is 67.1 Å². The second-order valence-corrected chi connectivity index (χ2v) is 11.4. The number of fused-ring (bicyclic) bond motifs is 2. The summed E-state index contributed by atoms with van der Waals surface area (Å²) < 4.78 is 9.12. The summed E-state index contributed by atoms with van der Waals surface area (Å²) in [5.41, 5.74) is 1.28. The van der Waals surface area contributed by atoms with Gasteiger partial charge in [0.2, 0.25) is 0 Å². The molecule has 2 aliphatic rings. The molecule has 8 heteroatoms. The summed E-state index contributed by atoms with van der Waals surface area (Å²) in [6.45, 7) is 5.58. The van der Waals surface area contributed by atoms with Crippen molar-refractivity contribution in [1.82, 2.24) is 14.5 Å². The van der Waals surface area contributed by atoms with Gasteiger partial charge < -0.3 is 24.8 Å². The molecule has 1 saturated heterocycles. The number of aliphatic hydroxyl groups is 2. The number of benzene rings is 2. The standard InChI is InChI=1S/C28H29IN4O3/c1-17-27(34)26(2,3)28(27,35)25(36-17)33-15-21(19-7-5-4-6-8-19)22-23(30-16-31-24(22)33)32-20-11-9-18(10-12-20)13-14-29/h4-12,15-17,25,34-35H,13-14H2,1-3H3,(H,30,31,32)/t17-,25-,27+,28-/m1/s1. The third-order valence-electron chi connectivity index (χ3n) is 8.25. The zero-order valence-electron chi connectivity index (χ0n) is 20.4. The molecule has 2 aromatic carbocycles. The second kappa shape index (κ2) is 8.24. The molecular weight excluding hydrogens is 567 g/mol. The van der Waals surface area contributed by atoms with Crippen LogP contribution in [-0.2, 0) is 11.2 Å². The molecule has 4 atom stereocenters. The highest BCUT2D eigenvalue weighted by molar-refractivity contribution is 14.1. The fourth-order valence-electron chi connectivity index (χ4n) is 6.06. The highest BCUT2D eigenvalue weighted by atomic mass is 127. The number of rotatable bonds is 6. The second-order valence-electron chi connectivity index (χ2n) is 10.3. The molecule has 3 N–H and O–H groups in total. The molecule has 0 unspecified atom stereocenters. The summed E-state index contributed by atoms with van der Waals surface area (Å²) in [7, 11) is 0. The Morgan fingerprint density at radius 1 is 1.03 bits per heavy atom. The quantitative estimate of drug-likeness (QED) is 0.209. The van der Waals surface area contributed by atoms with Gasteiger partial charge in [-0.2, -0.15) is 0 Å². The number of halogens is 1. The molecule has 36 heavy (non-hydrogen) atoms. The lowest BCUT2D eigenvalue weighted by Gasteiger charge is -2.26. The topological polar surface area (TPSA) is 92.4 Å². The SMILES string of the molecule is C[C@H]1O[C@@H](n2cc(-c3ccccc3)c3c(Nc4ccc(CCI)cc4)ncnc32)[C@@]2(O)C(C)(C)[C@@]12O. The average Bonchev–Trinajstić information content (AvgIpc) is 3.17. The maximum absolute atomic E-state index is 11.7. The normalized spacial score (nSPS) is 28.3. The van der Waals surface area contributed by atoms with Crippen LogP contribution in [-0.4, -0.2) is 46.5 Å². The zero-order valence-corrected chi connectivity index (χ0v) is 22.6. The zero-order chi connectivity index (χ0) is 25.3. The van der Waals surface area contributed by atoms with Crippen molar-refractivity contribution >= 4 is 45.1 Å². The first-order valence-corrected chi connectivity index (χ1v) is 13.7. The number of anilines is 2. The lowest BCUT2D eigenvalue weighted by atomic mass is 10.0. The van der Waals surface area contributed by atoms with Crippen molar-refractivity contribution in [3.63, 3.8) is 0 Å². The molecule has 0 amide bonds. The summed E-state index contributed by atoms with van der Waals surface area (Å²) in [6.07, 6.45) is 3.19. The van der Waals surface area contributed by atoms with Crippen molar-refractivity contribution in [3.05, 3.63) is 72.7 Å². The van der Waals surface area contributed by atoms with Crippen molar-refractivity contribution in [2.75, 3.05) is 9.74 Å². The van der Waals surface area contributed by atoms with Gasteiger partial charge in [-0.1, -0.05) is 78.9 Å². The first-order chi connectivity index (χ1) is 17.2. The predicted octanol–water partition coefficient (Wildman–Crippen LogP) is 5.24. The van der Waals surface area contributed by atoms with Crippen LogP contribution < -0.4 is 5.32 Å². The van der Waals surface area contributed by atoms with Gasteiger partial charge in [-0.15, -0.1) is 0 Å².